The van der Waals surface area contributed by atoms with Crippen LogP contribution in [0.3, 0.4) is 0 Å². The fourth-order valence-corrected chi connectivity index (χ4v) is 4.85. The summed E-state index contributed by atoms with van der Waals surface area (Å²) in [6, 6.07) is 2.14. The van der Waals surface area contributed by atoms with Gasteiger partial charge in [-0.3, -0.25) is 9.69 Å². The van der Waals surface area contributed by atoms with E-state index >= 15 is 0 Å². The van der Waals surface area contributed by atoms with Crippen LogP contribution in [0.5, 0.6) is 0 Å². The van der Waals surface area contributed by atoms with E-state index in [1.165, 1.54) is 23.3 Å². The van der Waals surface area contributed by atoms with Gasteiger partial charge in [0.2, 0.25) is 0 Å². The molecule has 0 radical (unpaired) electrons. The van der Waals surface area contributed by atoms with Crippen molar-refractivity contribution in [3.63, 3.8) is 0 Å². The summed E-state index contributed by atoms with van der Waals surface area (Å²) < 4.78 is 5.43. The number of carbonyl (C=O) groups is 1. The molecule has 1 aromatic heterocycles. The Labute approximate surface area is 149 Å². The molecule has 2 aliphatic rings. The van der Waals surface area contributed by atoms with Crippen molar-refractivity contribution in [2.45, 2.75) is 52.0 Å². The molecule has 0 bridgehead atoms. The topological polar surface area (TPSA) is 41.6 Å². The van der Waals surface area contributed by atoms with Crippen molar-refractivity contribution in [2.24, 2.45) is 5.92 Å². The molecule has 1 saturated heterocycles. The number of hydrogen-bond acceptors (Lipinski definition) is 4. The predicted molar refractivity (Wildman–Crippen MR) is 98.9 cm³/mol. The molecule has 0 aromatic carbocycles. The molecule has 1 fully saturated rings. The molecule has 3 rings (SSSR count). The number of morpholine rings is 1. The van der Waals surface area contributed by atoms with Crippen molar-refractivity contribution >= 4 is 17.2 Å². The van der Waals surface area contributed by atoms with Gasteiger partial charge in [0.1, 0.15) is 0 Å². The van der Waals surface area contributed by atoms with Crippen LogP contribution < -0.4 is 5.32 Å². The Kier molecular flexibility index (Phi) is 5.63. The summed E-state index contributed by atoms with van der Waals surface area (Å²) >= 11 is 1.70. The van der Waals surface area contributed by atoms with E-state index < -0.39 is 0 Å². The maximum atomic E-state index is 12.6. The number of nitrogens with zero attached hydrogens (tertiary/aromatic N) is 1. The average Bonchev–Trinajstić information content (AvgIpc) is 3.03. The van der Waals surface area contributed by atoms with E-state index in [9.17, 15) is 4.79 Å². The van der Waals surface area contributed by atoms with Gasteiger partial charge in [0.25, 0.3) is 5.91 Å². The first-order chi connectivity index (χ1) is 11.5. The molecule has 1 amide bonds. The Morgan fingerprint density at radius 2 is 2.17 bits per heavy atom. The van der Waals surface area contributed by atoms with Crippen molar-refractivity contribution in [1.29, 1.82) is 0 Å². The van der Waals surface area contributed by atoms with E-state index in [4.69, 9.17) is 4.74 Å². The molecule has 1 aliphatic carbocycles. The average molecular weight is 351 g/mol. The summed E-state index contributed by atoms with van der Waals surface area (Å²) in [4.78, 5) is 17.3. The molecule has 1 aliphatic heterocycles. The first-order valence-electron chi connectivity index (χ1n) is 9.22. The van der Waals surface area contributed by atoms with Gasteiger partial charge in [-0.2, -0.15) is 0 Å². The van der Waals surface area contributed by atoms with Crippen molar-refractivity contribution in [3.05, 3.63) is 21.4 Å². The van der Waals surface area contributed by atoms with Gasteiger partial charge in [-0.05, 0) is 50.7 Å². The minimum atomic E-state index is -0.0381. The second-order valence-corrected chi connectivity index (χ2v) is 8.81. The van der Waals surface area contributed by atoms with Crippen LogP contribution in [-0.4, -0.2) is 49.2 Å². The van der Waals surface area contributed by atoms with E-state index in [0.717, 1.165) is 49.9 Å². The SMILES string of the molecule is CC[C@H]1CCc2sc(C(=O)NCC(C)(C)N3CCOCC3)cc2C1. The van der Waals surface area contributed by atoms with E-state index in [-0.39, 0.29) is 11.4 Å². The number of hydrogen-bond donors (Lipinski definition) is 1. The standard InChI is InChI=1S/C19H30N2O2S/c1-4-14-5-6-16-15(11-14)12-17(24-16)18(22)20-13-19(2,3)21-7-9-23-10-8-21/h12,14H,4-11,13H2,1-3H3,(H,20,22)/t14-/m0/s1. The quantitative estimate of drug-likeness (QED) is 0.887. The highest BCUT2D eigenvalue weighted by atomic mass is 32.1. The van der Waals surface area contributed by atoms with Gasteiger partial charge in [0, 0.05) is 30.1 Å². The Morgan fingerprint density at radius 3 is 2.88 bits per heavy atom. The number of fused-ring (bicyclic) bond motifs is 1. The summed E-state index contributed by atoms with van der Waals surface area (Å²) in [7, 11) is 0. The number of carbonyl (C=O) groups excluding carboxylic acids is 1. The Bertz CT molecular complexity index is 576. The molecule has 1 aromatic rings. The molecule has 1 N–H and O–H groups in total. The van der Waals surface area contributed by atoms with Crippen molar-refractivity contribution in [1.82, 2.24) is 10.2 Å². The molecule has 1 atom stereocenters. The van der Waals surface area contributed by atoms with Crippen LogP contribution in [0.1, 0.15) is 53.7 Å². The van der Waals surface area contributed by atoms with Gasteiger partial charge in [0.15, 0.2) is 0 Å². The fraction of sp³-hybridized carbons (Fsp3) is 0.737. The third-order valence-electron chi connectivity index (χ3n) is 5.53. The van der Waals surface area contributed by atoms with Gasteiger partial charge in [-0.15, -0.1) is 11.3 Å². The molecule has 0 spiro atoms. The number of nitrogens with one attached hydrogen (secondary N) is 1. The second-order valence-electron chi connectivity index (χ2n) is 7.67. The molecule has 2 heterocycles. The minimum Gasteiger partial charge on any atom is -0.379 e. The molecule has 134 valence electrons. The lowest BCUT2D eigenvalue weighted by Crippen LogP contribution is -2.55. The summed E-state index contributed by atoms with van der Waals surface area (Å²) in [6.07, 6.45) is 4.81. The smallest absolute Gasteiger partial charge is 0.261 e. The van der Waals surface area contributed by atoms with Gasteiger partial charge < -0.3 is 10.1 Å². The van der Waals surface area contributed by atoms with Crippen LogP contribution in [-0.2, 0) is 17.6 Å². The highest BCUT2D eigenvalue weighted by Gasteiger charge is 2.29. The number of rotatable bonds is 5. The van der Waals surface area contributed by atoms with Crippen molar-refractivity contribution in [2.75, 3.05) is 32.8 Å². The maximum Gasteiger partial charge on any atom is 0.261 e. The number of ether oxygens (including phenoxy) is 1. The lowest BCUT2D eigenvalue weighted by molar-refractivity contribution is -0.00922. The minimum absolute atomic E-state index is 0.0381. The van der Waals surface area contributed by atoms with Crippen LogP contribution in [0.2, 0.25) is 0 Å². The Hall–Kier alpha value is -0.910. The molecular weight excluding hydrogens is 320 g/mol. The maximum absolute atomic E-state index is 12.6. The lowest BCUT2D eigenvalue weighted by Gasteiger charge is -2.40. The van der Waals surface area contributed by atoms with E-state index in [2.05, 4.69) is 37.1 Å². The molecule has 0 saturated carbocycles. The molecular formula is C19H30N2O2S. The Balaban J connectivity index is 1.58. The molecule has 4 nitrogen and oxygen atoms in total. The summed E-state index contributed by atoms with van der Waals surface area (Å²) in [5.41, 5.74) is 1.37. The second kappa shape index (κ2) is 7.54. The lowest BCUT2D eigenvalue weighted by atomic mass is 9.87. The van der Waals surface area contributed by atoms with Crippen molar-refractivity contribution < 1.29 is 9.53 Å². The molecule has 24 heavy (non-hydrogen) atoms. The van der Waals surface area contributed by atoms with Crippen LogP contribution >= 0.6 is 11.3 Å². The van der Waals surface area contributed by atoms with Crippen LogP contribution in [0.15, 0.2) is 6.07 Å². The zero-order valence-electron chi connectivity index (χ0n) is 15.2. The number of aryl methyl sites for hydroxylation is 1. The molecule has 0 unspecified atom stereocenters. The van der Waals surface area contributed by atoms with E-state index in [1.54, 1.807) is 11.3 Å². The van der Waals surface area contributed by atoms with Gasteiger partial charge in [-0.25, -0.2) is 0 Å². The van der Waals surface area contributed by atoms with E-state index in [0.29, 0.717) is 6.54 Å². The monoisotopic (exact) mass is 350 g/mol. The van der Waals surface area contributed by atoms with E-state index in [1.807, 2.05) is 0 Å². The van der Waals surface area contributed by atoms with Crippen LogP contribution in [0, 0.1) is 5.92 Å². The zero-order chi connectivity index (χ0) is 17.2. The first-order valence-corrected chi connectivity index (χ1v) is 10.0. The van der Waals surface area contributed by atoms with Gasteiger partial charge >= 0.3 is 0 Å². The summed E-state index contributed by atoms with van der Waals surface area (Å²) in [6.45, 7) is 10.8. The third kappa shape index (κ3) is 4.01. The predicted octanol–water partition coefficient (Wildman–Crippen LogP) is 3.10. The number of thiophene rings is 1. The summed E-state index contributed by atoms with van der Waals surface area (Å²) in [5.74, 6) is 0.882. The largest absolute Gasteiger partial charge is 0.379 e. The van der Waals surface area contributed by atoms with Crippen LogP contribution in [0.25, 0.3) is 0 Å². The third-order valence-corrected chi connectivity index (χ3v) is 6.77. The van der Waals surface area contributed by atoms with Crippen molar-refractivity contribution in [3.8, 4) is 0 Å². The first kappa shape index (κ1) is 17.9. The highest BCUT2D eigenvalue weighted by Crippen LogP contribution is 2.33. The number of amides is 1. The fourth-order valence-electron chi connectivity index (χ4n) is 3.72. The normalized spacial score (nSPS) is 22.2. The summed E-state index contributed by atoms with van der Waals surface area (Å²) in [5, 5.41) is 3.16. The zero-order valence-corrected chi connectivity index (χ0v) is 16.0. The molecule has 5 heteroatoms. The Morgan fingerprint density at radius 1 is 1.42 bits per heavy atom. The van der Waals surface area contributed by atoms with Gasteiger partial charge in [-0.1, -0.05) is 13.3 Å². The van der Waals surface area contributed by atoms with Gasteiger partial charge in [0.05, 0.1) is 18.1 Å². The highest BCUT2D eigenvalue weighted by molar-refractivity contribution is 7.14. The van der Waals surface area contributed by atoms with Crippen LogP contribution in [0.4, 0.5) is 0 Å².